The molecule has 0 saturated heterocycles. The van der Waals surface area contributed by atoms with Gasteiger partial charge in [0, 0.05) is 23.2 Å². The molecule has 0 fully saturated rings. The Morgan fingerprint density at radius 2 is 1.79 bits per heavy atom. The minimum atomic E-state index is -4.55. The summed E-state index contributed by atoms with van der Waals surface area (Å²) in [5.74, 6) is 0. The molecule has 0 spiro atoms. The fourth-order valence-corrected chi connectivity index (χ4v) is 2.98. The van der Waals surface area contributed by atoms with Crippen molar-refractivity contribution < 1.29 is 13.2 Å². The zero-order chi connectivity index (χ0) is 16.7. The molecule has 0 aliphatic carbocycles. The second-order valence-corrected chi connectivity index (χ2v) is 5.92. The Morgan fingerprint density at radius 3 is 2.46 bits per heavy atom. The monoisotopic (exact) mass is 346 g/mol. The van der Waals surface area contributed by atoms with Gasteiger partial charge in [0.05, 0.1) is 5.69 Å². The summed E-state index contributed by atoms with van der Waals surface area (Å²) < 4.78 is 41.2. The Morgan fingerprint density at radius 1 is 1.00 bits per heavy atom. The number of nitrogens with zero attached hydrogens (tertiary/aromatic N) is 4. The van der Waals surface area contributed by atoms with Crippen LogP contribution >= 0.6 is 11.3 Å². The van der Waals surface area contributed by atoms with Crippen LogP contribution in [-0.2, 0) is 6.18 Å². The van der Waals surface area contributed by atoms with Crippen molar-refractivity contribution in [3.63, 3.8) is 0 Å². The molecule has 1 aromatic carbocycles. The molecule has 0 amide bonds. The van der Waals surface area contributed by atoms with Crippen LogP contribution in [0.5, 0.6) is 0 Å². The van der Waals surface area contributed by atoms with Gasteiger partial charge in [-0.3, -0.25) is 0 Å². The zero-order valence-electron chi connectivity index (χ0n) is 12.0. The van der Waals surface area contributed by atoms with E-state index in [1.54, 1.807) is 35.7 Å². The number of alkyl halides is 3. The maximum atomic E-state index is 13.4. The third-order valence-corrected chi connectivity index (χ3v) is 4.23. The van der Waals surface area contributed by atoms with Crippen LogP contribution in [-0.4, -0.2) is 19.6 Å². The van der Waals surface area contributed by atoms with Gasteiger partial charge in [0.15, 0.2) is 11.3 Å². The van der Waals surface area contributed by atoms with Gasteiger partial charge in [0.25, 0.3) is 0 Å². The van der Waals surface area contributed by atoms with Gasteiger partial charge in [0.1, 0.15) is 10.7 Å². The smallest absolute Gasteiger partial charge is 0.243 e. The molecule has 4 rings (SSSR count). The standard InChI is InChI=1S/C16H9F3N4S/c17-16(18,19)13-8-12(15-20-6-7-24-15)21-14-9-11(22-23(13)14)10-4-2-1-3-5-10/h1-9H. The molecular formula is C16H9F3N4S. The fraction of sp³-hybridized carbons (Fsp3) is 0.0625. The SMILES string of the molecule is FC(F)(F)c1cc(-c2nccs2)nc2cc(-c3ccccc3)nn12. The highest BCUT2D eigenvalue weighted by molar-refractivity contribution is 7.13. The predicted octanol–water partition coefficient (Wildman–Crippen LogP) is 4.54. The lowest BCUT2D eigenvalue weighted by molar-refractivity contribution is -0.142. The number of thiazole rings is 1. The van der Waals surface area contributed by atoms with E-state index in [1.807, 2.05) is 6.07 Å². The lowest BCUT2D eigenvalue weighted by Crippen LogP contribution is -2.13. The molecule has 3 aromatic heterocycles. The van der Waals surface area contributed by atoms with Crippen LogP contribution in [0.3, 0.4) is 0 Å². The highest BCUT2D eigenvalue weighted by Crippen LogP contribution is 2.33. The van der Waals surface area contributed by atoms with E-state index in [0.717, 1.165) is 16.1 Å². The Hall–Kier alpha value is -2.74. The Kier molecular flexibility index (Phi) is 3.34. The van der Waals surface area contributed by atoms with E-state index in [1.165, 1.54) is 17.5 Å². The number of rotatable bonds is 2. The Balaban J connectivity index is 1.97. The lowest BCUT2D eigenvalue weighted by Gasteiger charge is -2.09. The van der Waals surface area contributed by atoms with Gasteiger partial charge in [-0.15, -0.1) is 11.3 Å². The second-order valence-electron chi connectivity index (χ2n) is 5.03. The molecule has 120 valence electrons. The largest absolute Gasteiger partial charge is 0.433 e. The second kappa shape index (κ2) is 5.41. The van der Waals surface area contributed by atoms with Crippen molar-refractivity contribution >= 4 is 17.0 Å². The number of fused-ring (bicyclic) bond motifs is 1. The summed E-state index contributed by atoms with van der Waals surface area (Å²) in [7, 11) is 0. The third kappa shape index (κ3) is 2.54. The molecule has 0 unspecified atom stereocenters. The van der Waals surface area contributed by atoms with E-state index in [4.69, 9.17) is 0 Å². The molecule has 8 heteroatoms. The van der Waals surface area contributed by atoms with Crippen molar-refractivity contribution in [3.8, 4) is 22.0 Å². The number of benzene rings is 1. The first-order valence-corrected chi connectivity index (χ1v) is 7.83. The van der Waals surface area contributed by atoms with Gasteiger partial charge in [-0.05, 0) is 6.07 Å². The summed E-state index contributed by atoms with van der Waals surface area (Å²) in [6, 6.07) is 11.5. The molecule has 0 radical (unpaired) electrons. The Bertz CT molecular complexity index is 992. The minimum absolute atomic E-state index is 0.133. The topological polar surface area (TPSA) is 43.1 Å². The summed E-state index contributed by atoms with van der Waals surface area (Å²) >= 11 is 1.24. The molecule has 0 aliphatic heterocycles. The molecule has 0 saturated carbocycles. The van der Waals surface area contributed by atoms with Crippen molar-refractivity contribution in [1.29, 1.82) is 0 Å². The normalized spacial score (nSPS) is 12.0. The van der Waals surface area contributed by atoms with E-state index < -0.39 is 11.9 Å². The van der Waals surface area contributed by atoms with Gasteiger partial charge in [-0.1, -0.05) is 30.3 Å². The Labute approximate surface area is 138 Å². The van der Waals surface area contributed by atoms with Crippen LogP contribution < -0.4 is 0 Å². The van der Waals surface area contributed by atoms with Crippen LogP contribution in [0.1, 0.15) is 5.69 Å². The quantitative estimate of drug-likeness (QED) is 0.535. The lowest BCUT2D eigenvalue weighted by atomic mass is 10.2. The van der Waals surface area contributed by atoms with Crippen molar-refractivity contribution in [1.82, 2.24) is 19.6 Å². The van der Waals surface area contributed by atoms with Crippen LogP contribution in [0.15, 0.2) is 54.0 Å². The van der Waals surface area contributed by atoms with Crippen molar-refractivity contribution in [3.05, 3.63) is 59.7 Å². The molecule has 24 heavy (non-hydrogen) atoms. The summed E-state index contributed by atoms with van der Waals surface area (Å²) in [5.41, 5.74) is 0.606. The average molecular weight is 346 g/mol. The van der Waals surface area contributed by atoms with Crippen LogP contribution in [0.2, 0.25) is 0 Å². The van der Waals surface area contributed by atoms with E-state index in [0.29, 0.717) is 10.7 Å². The number of aromatic nitrogens is 4. The van der Waals surface area contributed by atoms with Crippen molar-refractivity contribution in [2.24, 2.45) is 0 Å². The van der Waals surface area contributed by atoms with Gasteiger partial charge < -0.3 is 0 Å². The highest BCUT2D eigenvalue weighted by Gasteiger charge is 2.35. The molecule has 0 aliphatic rings. The van der Waals surface area contributed by atoms with Gasteiger partial charge in [-0.25, -0.2) is 14.5 Å². The maximum absolute atomic E-state index is 13.4. The number of hydrogen-bond acceptors (Lipinski definition) is 4. The van der Waals surface area contributed by atoms with E-state index in [9.17, 15) is 13.2 Å². The average Bonchev–Trinajstić information content (AvgIpc) is 3.23. The summed E-state index contributed by atoms with van der Waals surface area (Å²) in [6.07, 6.45) is -3.02. The van der Waals surface area contributed by atoms with Gasteiger partial charge >= 0.3 is 6.18 Å². The maximum Gasteiger partial charge on any atom is 0.433 e. The van der Waals surface area contributed by atoms with Crippen LogP contribution in [0, 0.1) is 0 Å². The van der Waals surface area contributed by atoms with Crippen LogP contribution in [0.4, 0.5) is 13.2 Å². The zero-order valence-corrected chi connectivity index (χ0v) is 12.8. The minimum Gasteiger partial charge on any atom is -0.243 e. The molecule has 0 atom stereocenters. The van der Waals surface area contributed by atoms with Gasteiger partial charge in [0.2, 0.25) is 0 Å². The molecular weight excluding hydrogens is 337 g/mol. The fourth-order valence-electron chi connectivity index (χ4n) is 2.39. The molecule has 4 nitrogen and oxygen atoms in total. The first-order chi connectivity index (χ1) is 11.5. The highest BCUT2D eigenvalue weighted by atomic mass is 32.1. The summed E-state index contributed by atoms with van der Waals surface area (Å²) in [5, 5.41) is 6.22. The molecule has 4 aromatic rings. The van der Waals surface area contributed by atoms with E-state index in [2.05, 4.69) is 15.1 Å². The molecule has 3 heterocycles. The van der Waals surface area contributed by atoms with E-state index >= 15 is 0 Å². The van der Waals surface area contributed by atoms with Crippen molar-refractivity contribution in [2.75, 3.05) is 0 Å². The molecule has 0 N–H and O–H groups in total. The first-order valence-electron chi connectivity index (χ1n) is 6.96. The molecule has 0 bridgehead atoms. The van der Waals surface area contributed by atoms with Crippen molar-refractivity contribution in [2.45, 2.75) is 6.18 Å². The first kappa shape index (κ1) is 14.8. The summed E-state index contributed by atoms with van der Waals surface area (Å²) in [6.45, 7) is 0. The third-order valence-electron chi connectivity index (χ3n) is 3.44. The number of halogens is 3. The number of hydrogen-bond donors (Lipinski definition) is 0. The van der Waals surface area contributed by atoms with Crippen LogP contribution in [0.25, 0.3) is 27.6 Å². The van der Waals surface area contributed by atoms with Gasteiger partial charge in [-0.2, -0.15) is 18.3 Å². The summed E-state index contributed by atoms with van der Waals surface area (Å²) in [4.78, 5) is 8.33. The van der Waals surface area contributed by atoms with E-state index in [-0.39, 0.29) is 11.3 Å². The predicted molar refractivity (Wildman–Crippen MR) is 84.5 cm³/mol.